The molecule has 2 aromatic heterocycles. The lowest BCUT2D eigenvalue weighted by Crippen LogP contribution is -2.36. The Bertz CT molecular complexity index is 600. The lowest BCUT2D eigenvalue weighted by Gasteiger charge is -2.31. The third-order valence-electron chi connectivity index (χ3n) is 3.82. The first-order valence-electron chi connectivity index (χ1n) is 7.60. The first-order chi connectivity index (χ1) is 10.7. The van der Waals surface area contributed by atoms with E-state index in [0.29, 0.717) is 18.4 Å². The standard InChI is InChI=1S/C14H21N5O2S/c1-10-15-13(17-21-10)8-11-4-3-6-19(9-11)14-16-12(18-22-14)5-7-20-2/h11H,3-9H2,1-2H3. The molecule has 1 atom stereocenters. The first-order valence-corrected chi connectivity index (χ1v) is 8.37. The van der Waals surface area contributed by atoms with Crippen LogP contribution in [-0.4, -0.2) is 46.3 Å². The molecule has 0 N–H and O–H groups in total. The molecule has 0 aromatic carbocycles. The number of nitrogens with zero attached hydrogens (tertiary/aromatic N) is 5. The minimum Gasteiger partial charge on any atom is -0.384 e. The SMILES string of the molecule is COCCc1nsc(N2CCCC(Cc3noc(C)n3)C2)n1. The molecule has 8 heteroatoms. The highest BCUT2D eigenvalue weighted by atomic mass is 32.1. The van der Waals surface area contributed by atoms with Crippen LogP contribution in [0.3, 0.4) is 0 Å². The molecule has 3 rings (SSSR count). The fourth-order valence-corrected chi connectivity index (χ4v) is 3.50. The summed E-state index contributed by atoms with van der Waals surface area (Å²) in [7, 11) is 1.70. The molecule has 2 aromatic rings. The number of aryl methyl sites for hydroxylation is 1. The van der Waals surface area contributed by atoms with E-state index >= 15 is 0 Å². The van der Waals surface area contributed by atoms with Crippen molar-refractivity contribution < 1.29 is 9.26 Å². The van der Waals surface area contributed by atoms with E-state index in [-0.39, 0.29) is 0 Å². The number of aromatic nitrogens is 4. The molecule has 1 saturated heterocycles. The quantitative estimate of drug-likeness (QED) is 0.803. The molecule has 7 nitrogen and oxygen atoms in total. The summed E-state index contributed by atoms with van der Waals surface area (Å²) in [6, 6.07) is 0. The fraction of sp³-hybridized carbons (Fsp3) is 0.714. The summed E-state index contributed by atoms with van der Waals surface area (Å²) in [4.78, 5) is 11.3. The van der Waals surface area contributed by atoms with Crippen LogP contribution in [-0.2, 0) is 17.6 Å². The van der Waals surface area contributed by atoms with Gasteiger partial charge in [0.15, 0.2) is 5.82 Å². The van der Waals surface area contributed by atoms with Gasteiger partial charge in [-0.25, -0.2) is 4.98 Å². The molecule has 0 aliphatic carbocycles. The molecule has 22 heavy (non-hydrogen) atoms. The van der Waals surface area contributed by atoms with Gasteiger partial charge in [-0.1, -0.05) is 5.16 Å². The maximum absolute atomic E-state index is 5.07. The van der Waals surface area contributed by atoms with Crippen molar-refractivity contribution in [2.75, 3.05) is 31.7 Å². The third kappa shape index (κ3) is 3.80. The van der Waals surface area contributed by atoms with Crippen molar-refractivity contribution in [1.82, 2.24) is 19.5 Å². The second-order valence-electron chi connectivity index (χ2n) is 5.62. The van der Waals surface area contributed by atoms with E-state index in [1.54, 1.807) is 7.11 Å². The Morgan fingerprint density at radius 3 is 3.05 bits per heavy atom. The van der Waals surface area contributed by atoms with Gasteiger partial charge in [-0.05, 0) is 18.8 Å². The van der Waals surface area contributed by atoms with E-state index in [0.717, 1.165) is 49.1 Å². The molecule has 120 valence electrons. The van der Waals surface area contributed by atoms with E-state index in [1.165, 1.54) is 18.0 Å². The van der Waals surface area contributed by atoms with E-state index < -0.39 is 0 Å². The van der Waals surface area contributed by atoms with Crippen molar-refractivity contribution >= 4 is 16.7 Å². The monoisotopic (exact) mass is 323 g/mol. The smallest absolute Gasteiger partial charge is 0.223 e. The van der Waals surface area contributed by atoms with E-state index in [4.69, 9.17) is 9.26 Å². The minimum absolute atomic E-state index is 0.539. The number of ether oxygens (including phenoxy) is 1. The molecule has 1 fully saturated rings. The van der Waals surface area contributed by atoms with Crippen LogP contribution in [0.25, 0.3) is 0 Å². The van der Waals surface area contributed by atoms with Crippen LogP contribution in [0.15, 0.2) is 4.52 Å². The van der Waals surface area contributed by atoms with E-state index in [1.807, 2.05) is 6.92 Å². The molecular formula is C14H21N5O2S. The zero-order chi connectivity index (χ0) is 15.4. The fourth-order valence-electron chi connectivity index (χ4n) is 2.76. The minimum atomic E-state index is 0.539. The van der Waals surface area contributed by atoms with Crippen molar-refractivity contribution in [1.29, 1.82) is 0 Å². The highest BCUT2D eigenvalue weighted by Gasteiger charge is 2.24. The third-order valence-corrected chi connectivity index (χ3v) is 4.63. The normalized spacial score (nSPS) is 18.8. The number of rotatable bonds is 6. The Morgan fingerprint density at radius 2 is 2.27 bits per heavy atom. The summed E-state index contributed by atoms with van der Waals surface area (Å²) in [6.45, 7) is 4.51. The van der Waals surface area contributed by atoms with Crippen LogP contribution in [0.5, 0.6) is 0 Å². The Balaban J connectivity index is 1.59. The molecule has 0 saturated carbocycles. The zero-order valence-corrected chi connectivity index (χ0v) is 13.8. The highest BCUT2D eigenvalue weighted by molar-refractivity contribution is 7.09. The van der Waals surface area contributed by atoms with Gasteiger partial charge in [-0.2, -0.15) is 9.36 Å². The van der Waals surface area contributed by atoms with Gasteiger partial charge in [-0.3, -0.25) is 0 Å². The molecular weight excluding hydrogens is 302 g/mol. The summed E-state index contributed by atoms with van der Waals surface area (Å²) < 4.78 is 14.5. The van der Waals surface area contributed by atoms with Crippen LogP contribution in [0.1, 0.15) is 30.4 Å². The Kier molecular flexibility index (Phi) is 4.99. The predicted octanol–water partition coefficient (Wildman–Crippen LogP) is 1.88. The number of hydrogen-bond acceptors (Lipinski definition) is 8. The highest BCUT2D eigenvalue weighted by Crippen LogP contribution is 2.26. The Hall–Kier alpha value is -1.54. The zero-order valence-electron chi connectivity index (χ0n) is 13.0. The van der Waals surface area contributed by atoms with Crippen molar-refractivity contribution in [3.63, 3.8) is 0 Å². The molecule has 1 aliphatic heterocycles. The molecule has 1 aliphatic rings. The van der Waals surface area contributed by atoms with Crippen molar-refractivity contribution in [2.45, 2.75) is 32.6 Å². The molecule has 0 radical (unpaired) electrons. The van der Waals surface area contributed by atoms with Crippen molar-refractivity contribution in [2.24, 2.45) is 5.92 Å². The van der Waals surface area contributed by atoms with Crippen molar-refractivity contribution in [3.05, 3.63) is 17.5 Å². The van der Waals surface area contributed by atoms with Crippen molar-refractivity contribution in [3.8, 4) is 0 Å². The van der Waals surface area contributed by atoms with Crippen LogP contribution in [0, 0.1) is 12.8 Å². The maximum Gasteiger partial charge on any atom is 0.223 e. The number of anilines is 1. The second-order valence-corrected chi connectivity index (χ2v) is 6.35. The van der Waals surface area contributed by atoms with Gasteiger partial charge < -0.3 is 14.2 Å². The summed E-state index contributed by atoms with van der Waals surface area (Å²) in [5.74, 6) is 2.85. The molecule has 0 amide bonds. The lowest BCUT2D eigenvalue weighted by atomic mass is 9.95. The first kappa shape index (κ1) is 15.4. The van der Waals surface area contributed by atoms with Gasteiger partial charge in [0.25, 0.3) is 0 Å². The predicted molar refractivity (Wildman–Crippen MR) is 83.2 cm³/mol. The molecule has 1 unspecified atom stereocenters. The van der Waals surface area contributed by atoms with Crippen LogP contribution >= 0.6 is 11.5 Å². The van der Waals surface area contributed by atoms with Crippen LogP contribution in [0.2, 0.25) is 0 Å². The summed E-state index contributed by atoms with van der Waals surface area (Å²) in [6.07, 6.45) is 3.99. The van der Waals surface area contributed by atoms with Gasteiger partial charge in [0.05, 0.1) is 6.61 Å². The maximum atomic E-state index is 5.07. The summed E-state index contributed by atoms with van der Waals surface area (Å²) in [5, 5.41) is 5.02. The van der Waals surface area contributed by atoms with E-state index in [9.17, 15) is 0 Å². The lowest BCUT2D eigenvalue weighted by molar-refractivity contribution is 0.201. The number of piperidine rings is 1. The second kappa shape index (κ2) is 7.15. The van der Waals surface area contributed by atoms with Crippen LogP contribution < -0.4 is 4.90 Å². The molecule has 0 spiro atoms. The largest absolute Gasteiger partial charge is 0.384 e. The number of methoxy groups -OCH3 is 1. The van der Waals surface area contributed by atoms with Gasteiger partial charge in [0.2, 0.25) is 11.0 Å². The number of hydrogen-bond donors (Lipinski definition) is 0. The summed E-state index contributed by atoms with van der Waals surface area (Å²) in [5.41, 5.74) is 0. The molecule has 0 bridgehead atoms. The van der Waals surface area contributed by atoms with Gasteiger partial charge in [0.1, 0.15) is 5.82 Å². The van der Waals surface area contributed by atoms with Gasteiger partial charge in [0, 0.05) is 51.5 Å². The van der Waals surface area contributed by atoms with E-state index in [2.05, 4.69) is 24.4 Å². The average molecular weight is 323 g/mol. The topological polar surface area (TPSA) is 77.2 Å². The Labute approximate surface area is 133 Å². The van der Waals surface area contributed by atoms with Gasteiger partial charge in [-0.15, -0.1) is 0 Å². The van der Waals surface area contributed by atoms with Crippen LogP contribution in [0.4, 0.5) is 5.13 Å². The Morgan fingerprint density at radius 1 is 1.36 bits per heavy atom. The average Bonchev–Trinajstić information content (AvgIpc) is 3.15. The summed E-state index contributed by atoms with van der Waals surface area (Å²) >= 11 is 1.48. The molecule has 3 heterocycles. The van der Waals surface area contributed by atoms with Gasteiger partial charge >= 0.3 is 0 Å².